The second kappa shape index (κ2) is 5.92. The molecule has 3 heteroatoms. The SMILES string of the molecule is CN=C/C(C)=C\N(C)COC. The zero-order valence-corrected chi connectivity index (χ0v) is 7.66. The third-order valence-electron chi connectivity index (χ3n) is 1.09. The van der Waals surface area contributed by atoms with Gasteiger partial charge < -0.3 is 9.64 Å². The molecule has 0 spiro atoms. The minimum Gasteiger partial charge on any atom is -0.364 e. The lowest BCUT2D eigenvalue weighted by Gasteiger charge is -2.12. The lowest BCUT2D eigenvalue weighted by Crippen LogP contribution is -2.14. The molecule has 0 aliphatic heterocycles. The first kappa shape index (κ1) is 10.2. The van der Waals surface area contributed by atoms with Crippen LogP contribution in [0.15, 0.2) is 16.8 Å². The molecular formula is C8H16N2O. The number of methoxy groups -OCH3 is 1. The van der Waals surface area contributed by atoms with Crippen molar-refractivity contribution in [3.8, 4) is 0 Å². The Morgan fingerprint density at radius 1 is 1.64 bits per heavy atom. The van der Waals surface area contributed by atoms with Gasteiger partial charge in [-0.3, -0.25) is 4.99 Å². The van der Waals surface area contributed by atoms with Crippen molar-refractivity contribution in [1.29, 1.82) is 0 Å². The van der Waals surface area contributed by atoms with Crippen molar-refractivity contribution >= 4 is 6.21 Å². The summed E-state index contributed by atoms with van der Waals surface area (Å²) in [6.07, 6.45) is 3.79. The lowest BCUT2D eigenvalue weighted by atomic mass is 10.3. The molecule has 0 saturated carbocycles. The topological polar surface area (TPSA) is 24.8 Å². The quantitative estimate of drug-likeness (QED) is 0.450. The van der Waals surface area contributed by atoms with E-state index in [0.29, 0.717) is 6.73 Å². The third-order valence-corrected chi connectivity index (χ3v) is 1.09. The first-order valence-electron chi connectivity index (χ1n) is 3.50. The summed E-state index contributed by atoms with van der Waals surface area (Å²) < 4.78 is 4.92. The lowest BCUT2D eigenvalue weighted by molar-refractivity contribution is 0.112. The monoisotopic (exact) mass is 156 g/mol. The fourth-order valence-electron chi connectivity index (χ4n) is 0.825. The number of ether oxygens (including phenoxy) is 1. The fourth-order valence-corrected chi connectivity index (χ4v) is 0.825. The highest BCUT2D eigenvalue weighted by atomic mass is 16.5. The van der Waals surface area contributed by atoms with Crippen molar-refractivity contribution < 1.29 is 4.74 Å². The Morgan fingerprint density at radius 2 is 2.27 bits per heavy atom. The summed E-state index contributed by atoms with van der Waals surface area (Å²) in [7, 11) is 5.39. The van der Waals surface area contributed by atoms with E-state index in [9.17, 15) is 0 Å². The Labute approximate surface area is 68.4 Å². The van der Waals surface area contributed by atoms with E-state index in [2.05, 4.69) is 4.99 Å². The summed E-state index contributed by atoms with van der Waals surface area (Å²) in [4.78, 5) is 5.84. The van der Waals surface area contributed by atoms with Crippen LogP contribution in [0.1, 0.15) is 6.92 Å². The van der Waals surface area contributed by atoms with Crippen molar-refractivity contribution in [3.05, 3.63) is 11.8 Å². The molecular weight excluding hydrogens is 140 g/mol. The number of hydrogen-bond acceptors (Lipinski definition) is 3. The second-order valence-corrected chi connectivity index (χ2v) is 2.44. The van der Waals surface area contributed by atoms with Crippen LogP contribution in [0.4, 0.5) is 0 Å². The van der Waals surface area contributed by atoms with Gasteiger partial charge in [0.15, 0.2) is 0 Å². The van der Waals surface area contributed by atoms with Gasteiger partial charge >= 0.3 is 0 Å². The molecule has 0 radical (unpaired) electrons. The molecule has 11 heavy (non-hydrogen) atoms. The van der Waals surface area contributed by atoms with E-state index in [0.717, 1.165) is 5.57 Å². The van der Waals surface area contributed by atoms with Crippen LogP contribution in [0.25, 0.3) is 0 Å². The highest BCUT2D eigenvalue weighted by Crippen LogP contribution is 1.91. The molecule has 0 amide bonds. The molecule has 0 fully saturated rings. The van der Waals surface area contributed by atoms with E-state index >= 15 is 0 Å². The van der Waals surface area contributed by atoms with Crippen LogP contribution in [-0.4, -0.2) is 39.1 Å². The average molecular weight is 156 g/mol. The van der Waals surface area contributed by atoms with E-state index in [1.54, 1.807) is 14.2 Å². The number of aliphatic imine (C=N–C) groups is 1. The normalized spacial score (nSPS) is 12.5. The molecule has 0 bridgehead atoms. The molecule has 0 atom stereocenters. The van der Waals surface area contributed by atoms with Gasteiger partial charge in [0.2, 0.25) is 0 Å². The van der Waals surface area contributed by atoms with Crippen molar-refractivity contribution in [3.63, 3.8) is 0 Å². The molecule has 0 aliphatic carbocycles. The molecule has 0 unspecified atom stereocenters. The van der Waals surface area contributed by atoms with Crippen LogP contribution in [-0.2, 0) is 4.74 Å². The minimum absolute atomic E-state index is 0.606. The minimum atomic E-state index is 0.606. The van der Waals surface area contributed by atoms with Gasteiger partial charge in [-0.2, -0.15) is 0 Å². The van der Waals surface area contributed by atoms with Crippen LogP contribution in [0.3, 0.4) is 0 Å². The molecule has 0 aromatic rings. The molecule has 0 aromatic heterocycles. The summed E-state index contributed by atoms with van der Waals surface area (Å²) in [5, 5.41) is 0. The predicted octanol–water partition coefficient (Wildman–Crippen LogP) is 1.13. The van der Waals surface area contributed by atoms with Gasteiger partial charge in [0.1, 0.15) is 6.73 Å². The zero-order chi connectivity index (χ0) is 8.69. The summed E-state index contributed by atoms with van der Waals surface area (Å²) >= 11 is 0. The first-order valence-corrected chi connectivity index (χ1v) is 3.50. The van der Waals surface area contributed by atoms with Crippen LogP contribution in [0, 0.1) is 0 Å². The van der Waals surface area contributed by atoms with Crippen molar-refractivity contribution in [2.45, 2.75) is 6.92 Å². The number of nitrogens with zero attached hydrogens (tertiary/aromatic N) is 2. The van der Waals surface area contributed by atoms with Crippen molar-refractivity contribution in [2.75, 3.05) is 27.9 Å². The molecule has 0 heterocycles. The van der Waals surface area contributed by atoms with E-state index in [4.69, 9.17) is 4.74 Å². The molecule has 0 aromatic carbocycles. The number of rotatable bonds is 4. The Morgan fingerprint density at radius 3 is 2.73 bits per heavy atom. The summed E-state index contributed by atoms with van der Waals surface area (Å²) in [6.45, 7) is 2.61. The zero-order valence-electron chi connectivity index (χ0n) is 7.66. The van der Waals surface area contributed by atoms with Crippen LogP contribution in [0.2, 0.25) is 0 Å². The highest BCUT2D eigenvalue weighted by Gasteiger charge is 1.88. The van der Waals surface area contributed by atoms with Gasteiger partial charge in [0.25, 0.3) is 0 Å². The Bertz CT molecular complexity index is 152. The van der Waals surface area contributed by atoms with Crippen molar-refractivity contribution in [1.82, 2.24) is 4.90 Å². The predicted molar refractivity (Wildman–Crippen MR) is 47.8 cm³/mol. The van der Waals surface area contributed by atoms with Gasteiger partial charge in [0, 0.05) is 33.6 Å². The third kappa shape index (κ3) is 5.61. The summed E-state index contributed by atoms with van der Waals surface area (Å²) in [5.41, 5.74) is 1.12. The largest absolute Gasteiger partial charge is 0.364 e. The highest BCUT2D eigenvalue weighted by molar-refractivity contribution is 5.77. The Balaban J connectivity index is 3.85. The van der Waals surface area contributed by atoms with Gasteiger partial charge in [0.05, 0.1) is 0 Å². The maximum absolute atomic E-state index is 4.92. The van der Waals surface area contributed by atoms with Gasteiger partial charge in [-0.15, -0.1) is 0 Å². The van der Waals surface area contributed by atoms with E-state index in [1.165, 1.54) is 0 Å². The van der Waals surface area contributed by atoms with Crippen LogP contribution < -0.4 is 0 Å². The number of hydrogen-bond donors (Lipinski definition) is 0. The average Bonchev–Trinajstić information content (AvgIpc) is 1.87. The molecule has 64 valence electrons. The summed E-state index contributed by atoms with van der Waals surface area (Å²) in [6, 6.07) is 0. The van der Waals surface area contributed by atoms with E-state index in [1.807, 2.05) is 31.3 Å². The molecule has 0 aliphatic rings. The van der Waals surface area contributed by atoms with E-state index < -0.39 is 0 Å². The molecule has 0 saturated heterocycles. The molecule has 3 nitrogen and oxygen atoms in total. The van der Waals surface area contributed by atoms with Crippen LogP contribution in [0.5, 0.6) is 0 Å². The first-order chi connectivity index (χ1) is 5.20. The molecule has 0 N–H and O–H groups in total. The van der Waals surface area contributed by atoms with Gasteiger partial charge in [-0.25, -0.2) is 0 Å². The standard InChI is InChI=1S/C8H16N2O/c1-8(5-9-2)6-10(3)7-11-4/h5-6H,7H2,1-4H3/b8-6-,9-5?. The van der Waals surface area contributed by atoms with E-state index in [-0.39, 0.29) is 0 Å². The van der Waals surface area contributed by atoms with Crippen LogP contribution >= 0.6 is 0 Å². The maximum atomic E-state index is 4.92. The summed E-state index contributed by atoms with van der Waals surface area (Å²) in [5.74, 6) is 0. The second-order valence-electron chi connectivity index (χ2n) is 2.44. The Kier molecular flexibility index (Phi) is 5.47. The number of allylic oxidation sites excluding steroid dienone is 1. The maximum Gasteiger partial charge on any atom is 0.117 e. The van der Waals surface area contributed by atoms with Crippen molar-refractivity contribution in [2.24, 2.45) is 4.99 Å². The fraction of sp³-hybridized carbons (Fsp3) is 0.625. The molecule has 0 rings (SSSR count). The smallest absolute Gasteiger partial charge is 0.117 e. The Hall–Kier alpha value is -0.830. The van der Waals surface area contributed by atoms with Gasteiger partial charge in [-0.05, 0) is 12.5 Å². The van der Waals surface area contributed by atoms with Gasteiger partial charge in [-0.1, -0.05) is 0 Å².